The molecule has 1 aliphatic rings. The Labute approximate surface area is 316 Å². The molecule has 0 saturated carbocycles. The maximum absolute atomic E-state index is 13.7. The van der Waals surface area contributed by atoms with Gasteiger partial charge in [-0.25, -0.2) is 10.9 Å². The SMILES string of the molecule is COC[C@H]1[C@H](c2ccccc2)OC(=O)CC/C=C/CCC(=O)N1Cc1ccc(/C=N/NC(=O)c2ccc(OCCCCCCC(=O)NO)c(OC)c2)cc1. The van der Waals surface area contributed by atoms with Crippen LogP contribution in [0.15, 0.2) is 90.0 Å². The van der Waals surface area contributed by atoms with Gasteiger partial charge in [-0.15, -0.1) is 0 Å². The molecule has 3 amide bonds. The second-order valence-electron chi connectivity index (χ2n) is 12.8. The average Bonchev–Trinajstić information content (AvgIpc) is 3.19. The summed E-state index contributed by atoms with van der Waals surface area (Å²) in [6.45, 7) is 0.871. The van der Waals surface area contributed by atoms with Gasteiger partial charge in [0.25, 0.3) is 5.91 Å². The highest BCUT2D eigenvalue weighted by molar-refractivity contribution is 5.95. The molecule has 54 heavy (non-hydrogen) atoms. The molecule has 288 valence electrons. The molecule has 1 heterocycles. The normalized spacial score (nSPS) is 17.2. The Morgan fingerprint density at radius 2 is 1.67 bits per heavy atom. The highest BCUT2D eigenvalue weighted by Gasteiger charge is 2.35. The third-order valence-electron chi connectivity index (χ3n) is 8.82. The number of cyclic esters (lactones) is 1. The Morgan fingerprint density at radius 3 is 2.39 bits per heavy atom. The van der Waals surface area contributed by atoms with E-state index in [0.717, 1.165) is 36.0 Å². The molecule has 0 radical (unpaired) electrons. The first kappa shape index (κ1) is 41.2. The minimum atomic E-state index is -0.721. The number of carbonyl (C=O) groups is 4. The number of hydroxylamine groups is 1. The number of unbranched alkanes of at least 4 members (excludes halogenated alkanes) is 3. The van der Waals surface area contributed by atoms with Crippen LogP contribution >= 0.6 is 0 Å². The molecule has 2 atom stereocenters. The van der Waals surface area contributed by atoms with E-state index in [1.807, 2.05) is 66.7 Å². The fourth-order valence-electron chi connectivity index (χ4n) is 5.94. The Hall–Kier alpha value is -5.53. The quantitative estimate of drug-likeness (QED) is 0.0373. The van der Waals surface area contributed by atoms with E-state index >= 15 is 0 Å². The predicted molar refractivity (Wildman–Crippen MR) is 202 cm³/mol. The summed E-state index contributed by atoms with van der Waals surface area (Å²) in [7, 11) is 3.07. The number of hydrogen-bond acceptors (Lipinski definition) is 10. The van der Waals surface area contributed by atoms with Crippen molar-refractivity contribution in [1.29, 1.82) is 0 Å². The number of rotatable bonds is 17. The molecule has 0 spiro atoms. The fraction of sp³-hybridized carbons (Fsp3) is 0.390. The number of carbonyl (C=O) groups excluding carboxylic acids is 4. The molecular weight excluding hydrogens is 692 g/mol. The van der Waals surface area contributed by atoms with E-state index in [1.54, 1.807) is 35.7 Å². The van der Waals surface area contributed by atoms with Crippen LogP contribution < -0.4 is 20.4 Å². The number of ether oxygens (including phenoxy) is 4. The molecule has 0 aromatic heterocycles. The average molecular weight is 743 g/mol. The van der Waals surface area contributed by atoms with Crippen LogP contribution in [0.2, 0.25) is 0 Å². The Morgan fingerprint density at radius 1 is 0.926 bits per heavy atom. The number of esters is 1. The summed E-state index contributed by atoms with van der Waals surface area (Å²) in [5, 5.41) is 12.7. The van der Waals surface area contributed by atoms with Crippen LogP contribution in [0.3, 0.4) is 0 Å². The van der Waals surface area contributed by atoms with Crippen molar-refractivity contribution in [2.45, 2.75) is 76.5 Å². The molecule has 4 rings (SSSR count). The van der Waals surface area contributed by atoms with Gasteiger partial charge in [0.1, 0.15) is 6.10 Å². The van der Waals surface area contributed by atoms with Crippen molar-refractivity contribution < 1.29 is 43.3 Å². The Bertz CT molecular complexity index is 1710. The molecule has 0 bridgehead atoms. The largest absolute Gasteiger partial charge is 0.493 e. The number of methoxy groups -OCH3 is 2. The molecule has 0 unspecified atom stereocenters. The van der Waals surface area contributed by atoms with E-state index in [2.05, 4.69) is 10.5 Å². The highest BCUT2D eigenvalue weighted by atomic mass is 16.5. The third-order valence-corrected chi connectivity index (χ3v) is 8.82. The van der Waals surface area contributed by atoms with Gasteiger partial charge in [0.05, 0.1) is 32.6 Å². The van der Waals surface area contributed by atoms with Crippen molar-refractivity contribution in [3.8, 4) is 11.5 Å². The van der Waals surface area contributed by atoms with Gasteiger partial charge in [-0.3, -0.25) is 24.4 Å². The van der Waals surface area contributed by atoms with Crippen LogP contribution in [0.5, 0.6) is 11.5 Å². The molecule has 13 heteroatoms. The van der Waals surface area contributed by atoms with Gasteiger partial charge in [0.2, 0.25) is 11.8 Å². The van der Waals surface area contributed by atoms with Gasteiger partial charge in [0, 0.05) is 38.5 Å². The van der Waals surface area contributed by atoms with Gasteiger partial charge < -0.3 is 23.8 Å². The Kier molecular flexibility index (Phi) is 17.2. The van der Waals surface area contributed by atoms with Crippen LogP contribution in [0, 0.1) is 0 Å². The lowest BCUT2D eigenvalue weighted by Gasteiger charge is -2.37. The van der Waals surface area contributed by atoms with Crippen molar-refractivity contribution in [2.75, 3.05) is 27.4 Å². The summed E-state index contributed by atoms with van der Waals surface area (Å²) in [6, 6.07) is 21.2. The number of hydrogen-bond donors (Lipinski definition) is 3. The van der Waals surface area contributed by atoms with Crippen LogP contribution in [0.1, 0.15) is 90.9 Å². The van der Waals surface area contributed by atoms with Crippen LogP contribution in [0.4, 0.5) is 0 Å². The lowest BCUT2D eigenvalue weighted by Crippen LogP contribution is -2.47. The van der Waals surface area contributed by atoms with E-state index in [0.29, 0.717) is 49.4 Å². The minimum absolute atomic E-state index is 0.0807. The van der Waals surface area contributed by atoms with Gasteiger partial charge in [-0.1, -0.05) is 79.6 Å². The van der Waals surface area contributed by atoms with Crippen molar-refractivity contribution in [3.63, 3.8) is 0 Å². The summed E-state index contributed by atoms with van der Waals surface area (Å²) in [6.07, 6.45) is 9.72. The number of nitrogens with zero attached hydrogens (tertiary/aromatic N) is 2. The van der Waals surface area contributed by atoms with E-state index < -0.39 is 24.0 Å². The van der Waals surface area contributed by atoms with Crippen molar-refractivity contribution in [2.24, 2.45) is 5.10 Å². The molecule has 0 saturated heterocycles. The first-order valence-electron chi connectivity index (χ1n) is 18.2. The second kappa shape index (κ2) is 22.5. The zero-order valence-corrected chi connectivity index (χ0v) is 30.9. The summed E-state index contributed by atoms with van der Waals surface area (Å²) < 4.78 is 22.9. The third kappa shape index (κ3) is 13.2. The van der Waals surface area contributed by atoms with E-state index in [9.17, 15) is 19.2 Å². The lowest BCUT2D eigenvalue weighted by atomic mass is 9.99. The molecule has 0 aliphatic carbocycles. The number of benzene rings is 3. The predicted octanol–water partition coefficient (Wildman–Crippen LogP) is 6.05. The Balaban J connectivity index is 1.38. The number of allylic oxidation sites excluding steroid dienone is 2. The topological polar surface area (TPSA) is 165 Å². The summed E-state index contributed by atoms with van der Waals surface area (Å²) in [5.74, 6) is -0.323. The first-order valence-corrected chi connectivity index (χ1v) is 18.2. The van der Waals surface area contributed by atoms with E-state index in [1.165, 1.54) is 13.3 Å². The van der Waals surface area contributed by atoms with Crippen LogP contribution in [0.25, 0.3) is 0 Å². The number of amides is 3. The van der Waals surface area contributed by atoms with E-state index in [4.69, 9.17) is 24.2 Å². The first-order chi connectivity index (χ1) is 26.3. The monoisotopic (exact) mass is 742 g/mol. The molecular formula is C41H50N4O9. The molecule has 3 aromatic rings. The van der Waals surface area contributed by atoms with Crippen molar-refractivity contribution >= 4 is 29.9 Å². The van der Waals surface area contributed by atoms with Crippen molar-refractivity contribution in [3.05, 3.63) is 107 Å². The fourth-order valence-corrected chi connectivity index (χ4v) is 5.94. The molecule has 3 N–H and O–H groups in total. The summed E-state index contributed by atoms with van der Waals surface area (Å²) in [4.78, 5) is 52.3. The van der Waals surface area contributed by atoms with Gasteiger partial charge in [-0.2, -0.15) is 5.10 Å². The van der Waals surface area contributed by atoms with Gasteiger partial charge in [0.15, 0.2) is 11.5 Å². The van der Waals surface area contributed by atoms with E-state index in [-0.39, 0.29) is 37.9 Å². The summed E-state index contributed by atoms with van der Waals surface area (Å²) in [5.41, 5.74) is 6.87. The summed E-state index contributed by atoms with van der Waals surface area (Å²) >= 11 is 0. The second-order valence-corrected chi connectivity index (χ2v) is 12.8. The standard InChI is InChI=1S/C41H50N4O9/c1-51-29-34-40(32-14-8-7-9-15-32)54-39(48)18-12-4-3-11-17-38(47)45(34)28-31-21-19-30(20-22-31)27-42-43-41(49)33-23-24-35(36(26-33)52-2)53-25-13-6-5-10-16-37(46)44-50/h3-4,7-9,14-15,19-24,26-27,34,40,50H,5-6,10-13,16-18,25,28-29H2,1-2H3,(H,43,49)(H,44,46)/b4-3+,42-27+/t34-,40-/m0/s1. The van der Waals surface area contributed by atoms with Crippen LogP contribution in [-0.2, 0) is 30.4 Å². The number of hydrazone groups is 1. The lowest BCUT2D eigenvalue weighted by molar-refractivity contribution is -0.159. The highest BCUT2D eigenvalue weighted by Crippen LogP contribution is 2.30. The maximum Gasteiger partial charge on any atom is 0.306 e. The van der Waals surface area contributed by atoms with Crippen molar-refractivity contribution in [1.82, 2.24) is 15.8 Å². The minimum Gasteiger partial charge on any atom is -0.493 e. The zero-order chi connectivity index (χ0) is 38.5. The van der Waals surface area contributed by atoms with Gasteiger partial charge in [-0.05, 0) is 60.6 Å². The van der Waals surface area contributed by atoms with Crippen LogP contribution in [-0.4, -0.2) is 73.5 Å². The molecule has 1 aliphatic heterocycles. The number of nitrogens with one attached hydrogen (secondary N) is 2. The maximum atomic E-state index is 13.7. The van der Waals surface area contributed by atoms with Gasteiger partial charge >= 0.3 is 5.97 Å². The molecule has 0 fully saturated rings. The smallest absolute Gasteiger partial charge is 0.306 e. The molecule has 13 nitrogen and oxygen atoms in total. The molecule has 3 aromatic carbocycles. The zero-order valence-electron chi connectivity index (χ0n) is 30.9.